The smallest absolute Gasteiger partial charge is 0.231 e. The fourth-order valence-electron chi connectivity index (χ4n) is 4.24. The third kappa shape index (κ3) is 3.99. The molecule has 1 fully saturated rings. The van der Waals surface area contributed by atoms with Crippen LogP contribution >= 0.6 is 0 Å². The Kier molecular flexibility index (Phi) is 5.54. The molecule has 0 amide bonds. The number of para-hydroxylation sites is 2. The Morgan fingerprint density at radius 3 is 2.48 bits per heavy atom. The van der Waals surface area contributed by atoms with E-state index < -0.39 is 5.60 Å². The van der Waals surface area contributed by atoms with Crippen LogP contribution in [0, 0.1) is 0 Å². The van der Waals surface area contributed by atoms with Crippen molar-refractivity contribution in [1.82, 2.24) is 5.32 Å². The summed E-state index contributed by atoms with van der Waals surface area (Å²) in [6, 6.07) is 13.9. The first-order chi connectivity index (χ1) is 13.7. The summed E-state index contributed by atoms with van der Waals surface area (Å²) in [6.45, 7) is 1.54. The van der Waals surface area contributed by atoms with E-state index in [0.29, 0.717) is 12.6 Å². The monoisotopic (exact) mass is 401 g/mol. The predicted octanol–water partition coefficient (Wildman–Crippen LogP) is 2.15. The molecule has 0 spiro atoms. The maximum Gasteiger partial charge on any atom is 0.231 e. The van der Waals surface area contributed by atoms with Gasteiger partial charge in [0.2, 0.25) is 6.79 Å². The average molecular weight is 401 g/mol. The fraction of sp³-hybridized carbons (Fsp3) is 0.455. The van der Waals surface area contributed by atoms with Crippen LogP contribution in [0.3, 0.4) is 0 Å². The Labute approximate surface area is 169 Å². The molecule has 7 nitrogen and oxygen atoms in total. The Bertz CT molecular complexity index is 849. The van der Waals surface area contributed by atoms with Crippen molar-refractivity contribution in [2.75, 3.05) is 19.9 Å². The van der Waals surface area contributed by atoms with Gasteiger partial charge in [-0.3, -0.25) is 0 Å². The molecule has 7 heteroatoms. The SMILES string of the molecule is O.OC1(c2ccc3c(c2)OCO3)CCC(NCC2COc3ccccc3O2)CC1. The van der Waals surface area contributed by atoms with Crippen molar-refractivity contribution in [3.8, 4) is 23.0 Å². The summed E-state index contributed by atoms with van der Waals surface area (Å²) in [4.78, 5) is 0. The molecule has 2 aliphatic heterocycles. The van der Waals surface area contributed by atoms with Crippen LogP contribution in [-0.4, -0.2) is 42.7 Å². The van der Waals surface area contributed by atoms with Gasteiger partial charge in [-0.05, 0) is 55.5 Å². The van der Waals surface area contributed by atoms with Gasteiger partial charge in [0.05, 0.1) is 5.60 Å². The molecule has 1 atom stereocenters. The standard InChI is InChI=1S/C22H25NO5.H2O/c24-22(15-5-6-19-21(11-15)27-14-26-19)9-7-16(8-10-22)23-12-17-13-25-18-3-1-2-4-20(18)28-17;/h1-6,11,16-17,23-24H,7-10,12-14H2;1H2. The van der Waals surface area contributed by atoms with E-state index in [1.807, 2.05) is 42.5 Å². The van der Waals surface area contributed by atoms with Crippen molar-refractivity contribution >= 4 is 0 Å². The van der Waals surface area contributed by atoms with Gasteiger partial charge in [0, 0.05) is 12.6 Å². The average Bonchev–Trinajstić information content (AvgIpc) is 3.21. The molecule has 5 rings (SSSR count). The zero-order valence-electron chi connectivity index (χ0n) is 16.2. The van der Waals surface area contributed by atoms with Gasteiger partial charge in [0.25, 0.3) is 0 Å². The van der Waals surface area contributed by atoms with Gasteiger partial charge in [-0.2, -0.15) is 0 Å². The van der Waals surface area contributed by atoms with Crippen LogP contribution in [0.4, 0.5) is 0 Å². The van der Waals surface area contributed by atoms with Gasteiger partial charge >= 0.3 is 0 Å². The second-order valence-electron chi connectivity index (χ2n) is 7.78. The van der Waals surface area contributed by atoms with Crippen molar-refractivity contribution in [2.45, 2.75) is 43.4 Å². The highest BCUT2D eigenvalue weighted by Gasteiger charge is 2.36. The van der Waals surface area contributed by atoms with Crippen LogP contribution in [-0.2, 0) is 5.60 Å². The van der Waals surface area contributed by atoms with Gasteiger partial charge in [-0.25, -0.2) is 0 Å². The molecule has 29 heavy (non-hydrogen) atoms. The highest BCUT2D eigenvalue weighted by molar-refractivity contribution is 5.46. The molecule has 0 radical (unpaired) electrons. The topological polar surface area (TPSA) is 101 Å². The second-order valence-corrected chi connectivity index (χ2v) is 7.78. The number of hydrogen-bond donors (Lipinski definition) is 2. The summed E-state index contributed by atoms with van der Waals surface area (Å²) >= 11 is 0. The highest BCUT2D eigenvalue weighted by atomic mass is 16.7. The van der Waals surface area contributed by atoms with Crippen LogP contribution in [0.1, 0.15) is 31.2 Å². The Hall–Kier alpha value is -2.48. The summed E-state index contributed by atoms with van der Waals surface area (Å²) in [6.07, 6.45) is 3.26. The zero-order chi connectivity index (χ0) is 19.0. The van der Waals surface area contributed by atoms with Crippen LogP contribution < -0.4 is 24.3 Å². The van der Waals surface area contributed by atoms with Crippen LogP contribution in [0.15, 0.2) is 42.5 Å². The maximum absolute atomic E-state index is 11.1. The minimum atomic E-state index is -0.803. The Morgan fingerprint density at radius 1 is 0.931 bits per heavy atom. The number of nitrogens with one attached hydrogen (secondary N) is 1. The van der Waals surface area contributed by atoms with E-state index in [0.717, 1.165) is 60.8 Å². The normalized spacial score (nSPS) is 27.2. The van der Waals surface area contributed by atoms with Gasteiger partial charge in [0.15, 0.2) is 23.0 Å². The first-order valence-corrected chi connectivity index (χ1v) is 9.94. The predicted molar refractivity (Wildman–Crippen MR) is 107 cm³/mol. The fourth-order valence-corrected chi connectivity index (χ4v) is 4.24. The number of rotatable bonds is 4. The molecule has 3 aliphatic rings. The largest absolute Gasteiger partial charge is 0.486 e. The number of benzene rings is 2. The van der Waals surface area contributed by atoms with Crippen molar-refractivity contribution in [2.24, 2.45) is 0 Å². The first-order valence-electron chi connectivity index (χ1n) is 9.94. The van der Waals surface area contributed by atoms with Crippen molar-refractivity contribution in [3.05, 3.63) is 48.0 Å². The first kappa shape index (κ1) is 19.8. The van der Waals surface area contributed by atoms with Crippen LogP contribution in [0.25, 0.3) is 0 Å². The van der Waals surface area contributed by atoms with E-state index in [9.17, 15) is 5.11 Å². The lowest BCUT2D eigenvalue weighted by Crippen LogP contribution is -2.45. The lowest BCUT2D eigenvalue weighted by Gasteiger charge is -2.37. The summed E-state index contributed by atoms with van der Waals surface area (Å²) in [5, 5.41) is 14.7. The molecule has 4 N–H and O–H groups in total. The van der Waals surface area contributed by atoms with Gasteiger partial charge in [-0.1, -0.05) is 18.2 Å². The van der Waals surface area contributed by atoms with E-state index in [-0.39, 0.29) is 18.4 Å². The van der Waals surface area contributed by atoms with E-state index in [2.05, 4.69) is 5.32 Å². The molecule has 2 aromatic carbocycles. The van der Waals surface area contributed by atoms with Crippen LogP contribution in [0.5, 0.6) is 23.0 Å². The second kappa shape index (κ2) is 8.10. The third-order valence-corrected chi connectivity index (χ3v) is 5.92. The van der Waals surface area contributed by atoms with Crippen LogP contribution in [0.2, 0.25) is 0 Å². The molecule has 1 saturated carbocycles. The molecule has 1 aliphatic carbocycles. The van der Waals surface area contributed by atoms with Crippen molar-refractivity contribution in [1.29, 1.82) is 0 Å². The minimum absolute atomic E-state index is 0. The summed E-state index contributed by atoms with van der Waals surface area (Å²) in [5.74, 6) is 3.09. The molecular formula is C22H27NO6. The minimum Gasteiger partial charge on any atom is -0.486 e. The maximum atomic E-state index is 11.1. The summed E-state index contributed by atoms with van der Waals surface area (Å²) < 4.78 is 22.6. The van der Waals surface area contributed by atoms with E-state index in [1.54, 1.807) is 0 Å². The molecule has 0 saturated heterocycles. The molecule has 1 unspecified atom stereocenters. The molecule has 2 aromatic rings. The molecule has 0 aromatic heterocycles. The van der Waals surface area contributed by atoms with Crippen molar-refractivity contribution in [3.63, 3.8) is 0 Å². The van der Waals surface area contributed by atoms with E-state index >= 15 is 0 Å². The third-order valence-electron chi connectivity index (χ3n) is 5.92. The van der Waals surface area contributed by atoms with Gasteiger partial charge in [-0.15, -0.1) is 0 Å². The molecule has 0 bridgehead atoms. The summed E-state index contributed by atoms with van der Waals surface area (Å²) in [5.41, 5.74) is 0.110. The number of ether oxygens (including phenoxy) is 4. The Balaban J connectivity index is 0.00000205. The van der Waals surface area contributed by atoms with Gasteiger partial charge in [0.1, 0.15) is 12.7 Å². The number of hydrogen-bond acceptors (Lipinski definition) is 6. The summed E-state index contributed by atoms with van der Waals surface area (Å²) in [7, 11) is 0. The highest BCUT2D eigenvalue weighted by Crippen LogP contribution is 2.41. The molecule has 156 valence electrons. The van der Waals surface area contributed by atoms with Gasteiger partial charge < -0.3 is 34.8 Å². The lowest BCUT2D eigenvalue weighted by molar-refractivity contribution is -0.00998. The lowest BCUT2D eigenvalue weighted by atomic mass is 9.77. The quantitative estimate of drug-likeness (QED) is 0.814. The zero-order valence-corrected chi connectivity index (χ0v) is 16.2. The molecular weight excluding hydrogens is 374 g/mol. The number of fused-ring (bicyclic) bond motifs is 2. The van der Waals surface area contributed by atoms with E-state index in [1.165, 1.54) is 0 Å². The number of aliphatic hydroxyl groups is 1. The molecule has 2 heterocycles. The Morgan fingerprint density at radius 2 is 1.66 bits per heavy atom. The van der Waals surface area contributed by atoms with E-state index in [4.69, 9.17) is 18.9 Å². The van der Waals surface area contributed by atoms with Crippen molar-refractivity contribution < 1.29 is 29.5 Å².